The molecule has 106 valence electrons. The molecule has 0 atom stereocenters. The number of aromatic nitrogens is 1. The predicted molar refractivity (Wildman–Crippen MR) is 80.7 cm³/mol. The van der Waals surface area contributed by atoms with Gasteiger partial charge in [0, 0.05) is 44.5 Å². The van der Waals surface area contributed by atoms with Crippen LogP contribution < -0.4 is 10.6 Å². The molecule has 2 heterocycles. The molecule has 2 rings (SSSR count). The van der Waals surface area contributed by atoms with E-state index in [1.807, 2.05) is 6.07 Å². The van der Waals surface area contributed by atoms with Gasteiger partial charge in [0.05, 0.1) is 5.02 Å². The SMILES string of the molecule is CC(C)(C)N1CCN(c2cc(CN)c(Cl)cn2)CC1. The average molecular weight is 283 g/mol. The second-order valence-electron chi connectivity index (χ2n) is 5.98. The summed E-state index contributed by atoms with van der Waals surface area (Å²) in [6, 6.07) is 2.01. The fourth-order valence-electron chi connectivity index (χ4n) is 2.40. The first-order valence-corrected chi connectivity index (χ1v) is 7.14. The molecule has 2 N–H and O–H groups in total. The van der Waals surface area contributed by atoms with E-state index in [1.54, 1.807) is 6.20 Å². The van der Waals surface area contributed by atoms with Crippen molar-refractivity contribution in [2.75, 3.05) is 31.1 Å². The van der Waals surface area contributed by atoms with E-state index >= 15 is 0 Å². The predicted octanol–water partition coefficient (Wildman–Crippen LogP) is 2.11. The quantitative estimate of drug-likeness (QED) is 0.902. The summed E-state index contributed by atoms with van der Waals surface area (Å²) in [4.78, 5) is 9.22. The summed E-state index contributed by atoms with van der Waals surface area (Å²) in [5.74, 6) is 0.985. The maximum Gasteiger partial charge on any atom is 0.128 e. The van der Waals surface area contributed by atoms with Gasteiger partial charge in [-0.25, -0.2) is 4.98 Å². The van der Waals surface area contributed by atoms with Crippen LogP contribution in [0.1, 0.15) is 26.3 Å². The van der Waals surface area contributed by atoms with E-state index in [0.29, 0.717) is 11.6 Å². The Labute approximate surface area is 120 Å². The van der Waals surface area contributed by atoms with Gasteiger partial charge < -0.3 is 10.6 Å². The zero-order valence-corrected chi connectivity index (χ0v) is 12.7. The average Bonchev–Trinajstić information content (AvgIpc) is 2.38. The first-order valence-electron chi connectivity index (χ1n) is 6.76. The summed E-state index contributed by atoms with van der Waals surface area (Å²) in [7, 11) is 0. The normalized spacial score (nSPS) is 17.8. The summed E-state index contributed by atoms with van der Waals surface area (Å²) >= 11 is 6.05. The summed E-state index contributed by atoms with van der Waals surface area (Å²) in [5, 5.41) is 0.652. The number of hydrogen-bond acceptors (Lipinski definition) is 4. The molecule has 19 heavy (non-hydrogen) atoms. The molecule has 0 amide bonds. The highest BCUT2D eigenvalue weighted by Crippen LogP contribution is 2.23. The maximum atomic E-state index is 6.05. The van der Waals surface area contributed by atoms with Crippen LogP contribution >= 0.6 is 11.6 Å². The van der Waals surface area contributed by atoms with Crippen LogP contribution in [0, 0.1) is 0 Å². The second kappa shape index (κ2) is 5.65. The first kappa shape index (κ1) is 14.6. The highest BCUT2D eigenvalue weighted by molar-refractivity contribution is 6.31. The van der Waals surface area contributed by atoms with E-state index in [9.17, 15) is 0 Å². The van der Waals surface area contributed by atoms with Gasteiger partial charge in [-0.3, -0.25) is 4.90 Å². The fraction of sp³-hybridized carbons (Fsp3) is 0.643. The smallest absolute Gasteiger partial charge is 0.128 e. The molecule has 5 heteroatoms. The number of anilines is 1. The second-order valence-corrected chi connectivity index (χ2v) is 6.39. The lowest BCUT2D eigenvalue weighted by Crippen LogP contribution is -2.53. The highest BCUT2D eigenvalue weighted by Gasteiger charge is 2.26. The lowest BCUT2D eigenvalue weighted by Gasteiger charge is -2.42. The van der Waals surface area contributed by atoms with Crippen molar-refractivity contribution < 1.29 is 0 Å². The molecule has 1 saturated heterocycles. The van der Waals surface area contributed by atoms with E-state index in [-0.39, 0.29) is 5.54 Å². The Morgan fingerprint density at radius 2 is 1.89 bits per heavy atom. The van der Waals surface area contributed by atoms with Gasteiger partial charge in [-0.05, 0) is 32.4 Å². The Hall–Kier alpha value is -0.840. The lowest BCUT2D eigenvalue weighted by molar-refractivity contribution is 0.128. The number of pyridine rings is 1. The summed E-state index contributed by atoms with van der Waals surface area (Å²) in [6.45, 7) is 11.3. The monoisotopic (exact) mass is 282 g/mol. The summed E-state index contributed by atoms with van der Waals surface area (Å²) in [6.07, 6.45) is 1.70. The molecule has 0 unspecified atom stereocenters. The molecule has 0 spiro atoms. The number of piperazine rings is 1. The molecule has 1 fully saturated rings. The van der Waals surface area contributed by atoms with Gasteiger partial charge in [-0.2, -0.15) is 0 Å². The topological polar surface area (TPSA) is 45.4 Å². The Balaban J connectivity index is 2.05. The molecule has 0 saturated carbocycles. The highest BCUT2D eigenvalue weighted by atomic mass is 35.5. The van der Waals surface area contributed by atoms with Crippen molar-refractivity contribution in [2.24, 2.45) is 5.73 Å². The van der Waals surface area contributed by atoms with E-state index in [0.717, 1.165) is 37.6 Å². The number of rotatable bonds is 2. The Kier molecular flexibility index (Phi) is 4.33. The zero-order chi connectivity index (χ0) is 14.0. The molecule has 0 aliphatic carbocycles. The number of hydrogen-bond donors (Lipinski definition) is 1. The van der Waals surface area contributed by atoms with Gasteiger partial charge in [0.1, 0.15) is 5.82 Å². The van der Waals surface area contributed by atoms with E-state index in [2.05, 4.69) is 35.6 Å². The molecule has 1 aromatic heterocycles. The molecule has 0 aromatic carbocycles. The molecular weight excluding hydrogens is 260 g/mol. The molecule has 1 aliphatic heterocycles. The lowest BCUT2D eigenvalue weighted by atomic mass is 10.0. The summed E-state index contributed by atoms with van der Waals surface area (Å²) in [5.41, 5.74) is 6.89. The van der Waals surface area contributed by atoms with Crippen molar-refractivity contribution >= 4 is 17.4 Å². The van der Waals surface area contributed by atoms with Crippen molar-refractivity contribution in [3.05, 3.63) is 22.8 Å². The molecule has 1 aromatic rings. The van der Waals surface area contributed by atoms with Crippen molar-refractivity contribution in [3.8, 4) is 0 Å². The first-order chi connectivity index (χ1) is 8.91. The fourth-order valence-corrected chi connectivity index (χ4v) is 2.58. The number of halogens is 1. The third-order valence-corrected chi connectivity index (χ3v) is 4.03. The minimum Gasteiger partial charge on any atom is -0.354 e. The molecule has 1 aliphatic rings. The molecule has 0 radical (unpaired) electrons. The van der Waals surface area contributed by atoms with Gasteiger partial charge in [0.2, 0.25) is 0 Å². The maximum absolute atomic E-state index is 6.05. The van der Waals surface area contributed by atoms with Crippen LogP contribution in [-0.4, -0.2) is 41.6 Å². The standard InChI is InChI=1S/C14H23ClN4/c1-14(2,3)19-6-4-18(5-7-19)13-8-11(9-16)12(15)10-17-13/h8,10H,4-7,9,16H2,1-3H3. The van der Waals surface area contributed by atoms with E-state index < -0.39 is 0 Å². The largest absolute Gasteiger partial charge is 0.354 e. The number of nitrogens with two attached hydrogens (primary N) is 1. The van der Waals surface area contributed by atoms with Crippen LogP contribution in [-0.2, 0) is 6.54 Å². The molecule has 0 bridgehead atoms. The summed E-state index contributed by atoms with van der Waals surface area (Å²) < 4.78 is 0. The number of nitrogens with zero attached hydrogens (tertiary/aromatic N) is 3. The minimum atomic E-state index is 0.238. The van der Waals surface area contributed by atoms with Crippen LogP contribution in [0.3, 0.4) is 0 Å². The van der Waals surface area contributed by atoms with Crippen LogP contribution in [0.4, 0.5) is 5.82 Å². The van der Waals surface area contributed by atoms with Crippen molar-refractivity contribution in [1.82, 2.24) is 9.88 Å². The third-order valence-electron chi connectivity index (χ3n) is 3.69. The van der Waals surface area contributed by atoms with Gasteiger partial charge in [0.15, 0.2) is 0 Å². The van der Waals surface area contributed by atoms with E-state index in [1.165, 1.54) is 0 Å². The van der Waals surface area contributed by atoms with Crippen LogP contribution in [0.15, 0.2) is 12.3 Å². The Morgan fingerprint density at radius 1 is 1.26 bits per heavy atom. The van der Waals surface area contributed by atoms with E-state index in [4.69, 9.17) is 17.3 Å². The van der Waals surface area contributed by atoms with Crippen LogP contribution in [0.5, 0.6) is 0 Å². The molecular formula is C14H23ClN4. The van der Waals surface area contributed by atoms with Gasteiger partial charge in [-0.1, -0.05) is 11.6 Å². The molecule has 4 nitrogen and oxygen atoms in total. The van der Waals surface area contributed by atoms with Gasteiger partial charge >= 0.3 is 0 Å². The van der Waals surface area contributed by atoms with Crippen molar-refractivity contribution in [1.29, 1.82) is 0 Å². The van der Waals surface area contributed by atoms with Crippen LogP contribution in [0.25, 0.3) is 0 Å². The Bertz CT molecular complexity index is 434. The zero-order valence-electron chi connectivity index (χ0n) is 12.0. The Morgan fingerprint density at radius 3 is 2.42 bits per heavy atom. The van der Waals surface area contributed by atoms with Gasteiger partial charge in [-0.15, -0.1) is 0 Å². The van der Waals surface area contributed by atoms with Crippen LogP contribution in [0.2, 0.25) is 5.02 Å². The van der Waals surface area contributed by atoms with Crippen molar-refractivity contribution in [2.45, 2.75) is 32.9 Å². The van der Waals surface area contributed by atoms with Crippen molar-refractivity contribution in [3.63, 3.8) is 0 Å². The third kappa shape index (κ3) is 3.38. The van der Waals surface area contributed by atoms with Gasteiger partial charge in [0.25, 0.3) is 0 Å². The minimum absolute atomic E-state index is 0.238.